The summed E-state index contributed by atoms with van der Waals surface area (Å²) in [6, 6.07) is -1.45. The average Bonchev–Trinajstić information content (AvgIpc) is 3.49. The van der Waals surface area contributed by atoms with Gasteiger partial charge in [0.05, 0.1) is 30.6 Å². The fraction of sp³-hybridized carbons (Fsp3) is 0.759. The Labute approximate surface area is 222 Å². The van der Waals surface area contributed by atoms with Gasteiger partial charge in [0.15, 0.2) is 0 Å². The molecular formula is C29H47N3O5. The molecule has 208 valence electrons. The summed E-state index contributed by atoms with van der Waals surface area (Å²) >= 11 is 0. The molecule has 8 heteroatoms. The van der Waals surface area contributed by atoms with Crippen molar-refractivity contribution in [2.24, 2.45) is 17.8 Å². The fourth-order valence-corrected chi connectivity index (χ4v) is 6.72. The van der Waals surface area contributed by atoms with Crippen LogP contribution in [0.15, 0.2) is 25.3 Å². The van der Waals surface area contributed by atoms with Gasteiger partial charge in [-0.3, -0.25) is 14.4 Å². The first-order chi connectivity index (χ1) is 17.4. The van der Waals surface area contributed by atoms with Crippen LogP contribution in [0.3, 0.4) is 0 Å². The van der Waals surface area contributed by atoms with E-state index in [1.807, 2.05) is 41.5 Å². The number of hydrogen-bond donors (Lipinski definition) is 1. The molecule has 1 N–H and O–H groups in total. The first-order valence-corrected chi connectivity index (χ1v) is 13.9. The summed E-state index contributed by atoms with van der Waals surface area (Å²) in [5.41, 5.74) is -1.61. The minimum absolute atomic E-state index is 0.0364. The molecule has 37 heavy (non-hydrogen) atoms. The SMILES string of the molecule is C=CCN(CCC)C(=O)[C@@H]1[C@@H]2CCC3(O2)C(C(=O)N(CC=C)C(C)(C)C)N([C@@H](CO)[C@@H](C)CC)C(=O)[C@H]13. The van der Waals surface area contributed by atoms with Crippen molar-refractivity contribution in [3.63, 3.8) is 0 Å². The topological polar surface area (TPSA) is 90.4 Å². The van der Waals surface area contributed by atoms with Crippen LogP contribution in [0.4, 0.5) is 0 Å². The van der Waals surface area contributed by atoms with Crippen LogP contribution in [0.1, 0.15) is 67.2 Å². The lowest BCUT2D eigenvalue weighted by molar-refractivity contribution is -0.156. The highest BCUT2D eigenvalue weighted by Crippen LogP contribution is 2.59. The molecule has 0 aromatic heterocycles. The molecule has 0 aromatic carbocycles. The zero-order valence-electron chi connectivity index (χ0n) is 23.6. The summed E-state index contributed by atoms with van der Waals surface area (Å²) in [5.74, 6) is -2.00. The predicted molar refractivity (Wildman–Crippen MR) is 144 cm³/mol. The van der Waals surface area contributed by atoms with E-state index in [0.29, 0.717) is 32.5 Å². The zero-order chi connectivity index (χ0) is 27.7. The lowest BCUT2D eigenvalue weighted by atomic mass is 9.70. The molecule has 3 amide bonds. The van der Waals surface area contributed by atoms with E-state index in [-0.39, 0.29) is 30.2 Å². The van der Waals surface area contributed by atoms with Crippen molar-refractivity contribution in [3.05, 3.63) is 25.3 Å². The molecule has 8 nitrogen and oxygen atoms in total. The number of carbonyl (C=O) groups excluding carboxylic acids is 3. The Morgan fingerprint density at radius 3 is 2.38 bits per heavy atom. The molecule has 3 saturated heterocycles. The summed E-state index contributed by atoms with van der Waals surface area (Å²) < 4.78 is 6.62. The fourth-order valence-electron chi connectivity index (χ4n) is 6.72. The third-order valence-corrected chi connectivity index (χ3v) is 8.64. The molecule has 7 atom stereocenters. The lowest BCUT2D eigenvalue weighted by Gasteiger charge is -2.44. The summed E-state index contributed by atoms with van der Waals surface area (Å²) in [5, 5.41) is 10.5. The number of amides is 3. The minimum atomic E-state index is -1.09. The molecule has 0 saturated carbocycles. The van der Waals surface area contributed by atoms with Crippen LogP contribution in [0.2, 0.25) is 0 Å². The Morgan fingerprint density at radius 1 is 1.22 bits per heavy atom. The number of carbonyl (C=O) groups is 3. The van der Waals surface area contributed by atoms with E-state index in [9.17, 15) is 19.5 Å². The van der Waals surface area contributed by atoms with E-state index < -0.39 is 41.2 Å². The van der Waals surface area contributed by atoms with Crippen molar-refractivity contribution in [2.75, 3.05) is 26.2 Å². The van der Waals surface area contributed by atoms with Gasteiger partial charge in [-0.25, -0.2) is 0 Å². The van der Waals surface area contributed by atoms with Gasteiger partial charge in [0, 0.05) is 25.2 Å². The first kappa shape index (κ1) is 29.4. The van der Waals surface area contributed by atoms with E-state index >= 15 is 0 Å². The average molecular weight is 518 g/mol. The van der Waals surface area contributed by atoms with E-state index in [4.69, 9.17) is 4.74 Å². The second-order valence-corrected chi connectivity index (χ2v) is 11.9. The number of likely N-dealkylation sites (tertiary alicyclic amines) is 1. The van der Waals surface area contributed by atoms with Crippen LogP contribution in [-0.4, -0.2) is 93.1 Å². The molecule has 0 aliphatic carbocycles. The number of hydrogen-bond acceptors (Lipinski definition) is 5. The summed E-state index contributed by atoms with van der Waals surface area (Å²) in [7, 11) is 0. The van der Waals surface area contributed by atoms with E-state index in [1.54, 1.807) is 26.9 Å². The Morgan fingerprint density at radius 2 is 1.86 bits per heavy atom. The normalized spacial score (nSPS) is 30.1. The van der Waals surface area contributed by atoms with Crippen LogP contribution in [0.5, 0.6) is 0 Å². The molecule has 2 bridgehead atoms. The number of aliphatic hydroxyl groups excluding tert-OH is 1. The molecule has 0 aromatic rings. The number of aliphatic hydroxyl groups is 1. The van der Waals surface area contributed by atoms with Crippen molar-refractivity contribution in [1.82, 2.24) is 14.7 Å². The lowest BCUT2D eigenvalue weighted by Crippen LogP contribution is -2.62. The van der Waals surface area contributed by atoms with Crippen molar-refractivity contribution in [2.45, 2.75) is 96.6 Å². The van der Waals surface area contributed by atoms with Gasteiger partial charge in [-0.05, 0) is 46.0 Å². The maximum atomic E-state index is 14.4. The maximum absolute atomic E-state index is 14.4. The van der Waals surface area contributed by atoms with Crippen LogP contribution in [0, 0.1) is 17.8 Å². The standard InChI is InChI=1S/C29H47N3O5/c1-9-15-30(16-10-2)25(34)22-21-13-14-29(37-21)23(22)26(35)32(20(18-33)19(5)12-4)24(29)27(36)31(17-11-3)28(6,7)8/h9,11,19-24,33H,1,3,10,12-18H2,2,4-8H3/t19-,20-,21-,22+,23-,24?,29?/m0/s1. The van der Waals surface area contributed by atoms with Crippen molar-refractivity contribution < 1.29 is 24.2 Å². The van der Waals surface area contributed by atoms with Gasteiger partial charge in [0.1, 0.15) is 11.6 Å². The van der Waals surface area contributed by atoms with E-state index in [0.717, 1.165) is 12.8 Å². The quantitative estimate of drug-likeness (QED) is 0.402. The molecule has 0 radical (unpaired) electrons. The highest BCUT2D eigenvalue weighted by atomic mass is 16.5. The number of rotatable bonds is 12. The molecule has 2 unspecified atom stereocenters. The molecule has 3 heterocycles. The van der Waals surface area contributed by atoms with Crippen LogP contribution >= 0.6 is 0 Å². The van der Waals surface area contributed by atoms with Gasteiger partial charge in [-0.15, -0.1) is 13.2 Å². The molecule has 3 rings (SSSR count). The van der Waals surface area contributed by atoms with Gasteiger partial charge < -0.3 is 24.5 Å². The monoisotopic (exact) mass is 517 g/mol. The van der Waals surface area contributed by atoms with Gasteiger partial charge in [-0.2, -0.15) is 0 Å². The molecular weight excluding hydrogens is 470 g/mol. The number of ether oxygens (including phenoxy) is 1. The largest absolute Gasteiger partial charge is 0.394 e. The van der Waals surface area contributed by atoms with E-state index in [2.05, 4.69) is 13.2 Å². The van der Waals surface area contributed by atoms with Crippen molar-refractivity contribution in [3.8, 4) is 0 Å². The van der Waals surface area contributed by atoms with Crippen molar-refractivity contribution >= 4 is 17.7 Å². The molecule has 3 aliphatic heterocycles. The Bertz CT molecular complexity index is 898. The maximum Gasteiger partial charge on any atom is 0.249 e. The summed E-state index contributed by atoms with van der Waals surface area (Å²) in [4.78, 5) is 47.7. The van der Waals surface area contributed by atoms with Crippen LogP contribution in [-0.2, 0) is 19.1 Å². The van der Waals surface area contributed by atoms with Crippen LogP contribution in [0.25, 0.3) is 0 Å². The van der Waals surface area contributed by atoms with Crippen LogP contribution < -0.4 is 0 Å². The summed E-state index contributed by atoms with van der Waals surface area (Å²) in [6.45, 7) is 20.6. The smallest absolute Gasteiger partial charge is 0.249 e. The van der Waals surface area contributed by atoms with Gasteiger partial charge in [-0.1, -0.05) is 39.3 Å². The third kappa shape index (κ3) is 4.87. The highest BCUT2D eigenvalue weighted by molar-refractivity contribution is 5.99. The summed E-state index contributed by atoms with van der Waals surface area (Å²) in [6.07, 6.45) is 5.67. The minimum Gasteiger partial charge on any atom is -0.394 e. The second kappa shape index (κ2) is 11.3. The molecule has 3 aliphatic rings. The first-order valence-electron chi connectivity index (χ1n) is 13.9. The van der Waals surface area contributed by atoms with Gasteiger partial charge in [0.2, 0.25) is 17.7 Å². The third-order valence-electron chi connectivity index (χ3n) is 8.64. The Kier molecular flexibility index (Phi) is 8.95. The molecule has 3 fully saturated rings. The van der Waals surface area contributed by atoms with Gasteiger partial charge >= 0.3 is 0 Å². The Hall–Kier alpha value is -2.19. The second-order valence-electron chi connectivity index (χ2n) is 11.9. The van der Waals surface area contributed by atoms with Crippen molar-refractivity contribution in [1.29, 1.82) is 0 Å². The molecule has 1 spiro atoms. The number of nitrogens with zero attached hydrogens (tertiary/aromatic N) is 3. The highest BCUT2D eigenvalue weighted by Gasteiger charge is 2.75. The zero-order valence-corrected chi connectivity index (χ0v) is 23.6. The van der Waals surface area contributed by atoms with Gasteiger partial charge in [0.25, 0.3) is 0 Å². The number of fused-ring (bicyclic) bond motifs is 1. The predicted octanol–water partition coefficient (Wildman–Crippen LogP) is 3.01. The van der Waals surface area contributed by atoms with E-state index in [1.165, 1.54) is 0 Å². The Balaban J connectivity index is 2.15.